The van der Waals surface area contributed by atoms with E-state index in [-0.39, 0.29) is 35.5 Å². The number of rotatable bonds is 7. The summed E-state index contributed by atoms with van der Waals surface area (Å²) in [5.74, 6) is -2.65. The average Bonchev–Trinajstić information content (AvgIpc) is 2.95. The number of aliphatic carboxylic acids is 1. The third-order valence-electron chi connectivity index (χ3n) is 5.62. The number of amides is 3. The number of nitrogens with zero attached hydrogens (tertiary/aromatic N) is 1. The molecule has 0 bridgehead atoms. The van der Waals surface area contributed by atoms with Crippen LogP contribution in [0.1, 0.15) is 82.9 Å². The maximum atomic E-state index is 12.8. The first-order valence-corrected chi connectivity index (χ1v) is 9.97. The van der Waals surface area contributed by atoms with E-state index in [1.807, 2.05) is 6.92 Å². The van der Waals surface area contributed by atoms with Crippen molar-refractivity contribution in [1.82, 2.24) is 10.2 Å². The zero-order valence-electron chi connectivity index (χ0n) is 16.1. The quantitative estimate of drug-likeness (QED) is 0.701. The monoisotopic (exact) mass is 386 g/mol. The molecule has 1 aromatic carbocycles. The number of imide groups is 1. The molecule has 0 aromatic heterocycles. The van der Waals surface area contributed by atoms with Crippen molar-refractivity contribution in [3.8, 4) is 0 Å². The second kappa shape index (κ2) is 8.54. The van der Waals surface area contributed by atoms with Gasteiger partial charge in [-0.15, -0.1) is 0 Å². The molecule has 0 radical (unpaired) electrons. The summed E-state index contributed by atoms with van der Waals surface area (Å²) in [6.45, 7) is 1.92. The first-order valence-electron chi connectivity index (χ1n) is 9.97. The largest absolute Gasteiger partial charge is 0.481 e. The molecule has 1 unspecified atom stereocenters. The van der Waals surface area contributed by atoms with Gasteiger partial charge in [0, 0.05) is 18.2 Å². The Morgan fingerprint density at radius 1 is 1.14 bits per heavy atom. The lowest BCUT2D eigenvalue weighted by molar-refractivity contribution is -0.141. The minimum atomic E-state index is -0.944. The van der Waals surface area contributed by atoms with Gasteiger partial charge in [0.25, 0.3) is 17.7 Å². The van der Waals surface area contributed by atoms with Gasteiger partial charge < -0.3 is 10.4 Å². The van der Waals surface area contributed by atoms with Crippen LogP contribution in [0.4, 0.5) is 0 Å². The van der Waals surface area contributed by atoms with Gasteiger partial charge in [0.15, 0.2) is 0 Å². The Morgan fingerprint density at radius 3 is 2.46 bits per heavy atom. The van der Waals surface area contributed by atoms with E-state index in [0.29, 0.717) is 18.4 Å². The van der Waals surface area contributed by atoms with Crippen LogP contribution in [0.5, 0.6) is 0 Å². The number of carboxylic acids is 1. The molecule has 7 heteroatoms. The summed E-state index contributed by atoms with van der Waals surface area (Å²) in [7, 11) is 0. The lowest BCUT2D eigenvalue weighted by Gasteiger charge is -2.29. The smallest absolute Gasteiger partial charge is 0.308 e. The molecular formula is C21H26N2O5. The summed E-state index contributed by atoms with van der Waals surface area (Å²) >= 11 is 0. The molecule has 1 atom stereocenters. The lowest BCUT2D eigenvalue weighted by Crippen LogP contribution is -2.40. The van der Waals surface area contributed by atoms with E-state index in [2.05, 4.69) is 5.32 Å². The second-order valence-corrected chi connectivity index (χ2v) is 7.57. The highest BCUT2D eigenvalue weighted by molar-refractivity contribution is 6.22. The van der Waals surface area contributed by atoms with Crippen molar-refractivity contribution < 1.29 is 24.3 Å². The third kappa shape index (κ3) is 3.93. The maximum Gasteiger partial charge on any atom is 0.308 e. The van der Waals surface area contributed by atoms with Crippen LogP contribution in [0.2, 0.25) is 0 Å². The first-order chi connectivity index (χ1) is 13.4. The van der Waals surface area contributed by atoms with E-state index in [4.69, 9.17) is 0 Å². The van der Waals surface area contributed by atoms with E-state index in [1.54, 1.807) is 0 Å². The number of benzene rings is 1. The summed E-state index contributed by atoms with van der Waals surface area (Å²) in [5, 5.41) is 11.8. The summed E-state index contributed by atoms with van der Waals surface area (Å²) < 4.78 is 0. The first kappa shape index (κ1) is 20.0. The molecule has 1 heterocycles. The van der Waals surface area contributed by atoms with Gasteiger partial charge in [-0.2, -0.15) is 0 Å². The summed E-state index contributed by atoms with van der Waals surface area (Å²) in [4.78, 5) is 50.5. The molecule has 7 nitrogen and oxygen atoms in total. The van der Waals surface area contributed by atoms with Crippen LogP contribution in [0, 0.1) is 5.92 Å². The van der Waals surface area contributed by atoms with Gasteiger partial charge in [-0.25, -0.2) is 0 Å². The molecule has 0 spiro atoms. The third-order valence-corrected chi connectivity index (χ3v) is 5.62. The second-order valence-electron chi connectivity index (χ2n) is 7.57. The molecule has 3 rings (SSSR count). The standard InChI is InChI=1S/C21H26N2O5/c1-2-6-14(21(27)28)12-22-18(24)13-9-10-16-17(11-13)20(26)23(19(16)25)15-7-4-3-5-8-15/h9-11,14-15H,2-8,12H2,1H3,(H,22,24)(H,27,28). The fraction of sp³-hybridized carbons (Fsp3) is 0.524. The topological polar surface area (TPSA) is 104 Å². The molecular weight excluding hydrogens is 360 g/mol. The Bertz CT molecular complexity index is 798. The van der Waals surface area contributed by atoms with Crippen LogP contribution in [-0.2, 0) is 4.79 Å². The Hall–Kier alpha value is -2.70. The Balaban J connectivity index is 1.73. The molecule has 2 aliphatic rings. The predicted octanol–water partition coefficient (Wildman–Crippen LogP) is 2.85. The summed E-state index contributed by atoms with van der Waals surface area (Å²) in [6, 6.07) is 4.42. The molecule has 3 amide bonds. The highest BCUT2D eigenvalue weighted by Gasteiger charge is 2.40. The van der Waals surface area contributed by atoms with Crippen molar-refractivity contribution in [1.29, 1.82) is 0 Å². The highest BCUT2D eigenvalue weighted by atomic mass is 16.4. The van der Waals surface area contributed by atoms with E-state index in [9.17, 15) is 24.3 Å². The van der Waals surface area contributed by atoms with Gasteiger partial charge in [-0.05, 0) is 37.5 Å². The number of carbonyl (C=O) groups excluding carboxylic acids is 3. The van der Waals surface area contributed by atoms with Crippen LogP contribution in [0.15, 0.2) is 18.2 Å². The number of hydrogen-bond acceptors (Lipinski definition) is 4. The molecule has 1 fully saturated rings. The zero-order valence-corrected chi connectivity index (χ0v) is 16.1. The van der Waals surface area contributed by atoms with Gasteiger partial charge in [0.05, 0.1) is 17.0 Å². The fourth-order valence-corrected chi connectivity index (χ4v) is 4.05. The van der Waals surface area contributed by atoms with Crippen LogP contribution in [0.25, 0.3) is 0 Å². The minimum absolute atomic E-state index is 0.0279. The summed E-state index contributed by atoms with van der Waals surface area (Å²) in [6.07, 6.45) is 5.98. The normalized spacial score (nSPS) is 18.1. The molecule has 1 aromatic rings. The average molecular weight is 386 g/mol. The molecule has 150 valence electrons. The van der Waals surface area contributed by atoms with Crippen LogP contribution in [-0.4, -0.2) is 46.3 Å². The van der Waals surface area contributed by atoms with Crippen LogP contribution >= 0.6 is 0 Å². The van der Waals surface area contributed by atoms with E-state index < -0.39 is 17.8 Å². The van der Waals surface area contributed by atoms with Gasteiger partial charge in [-0.1, -0.05) is 32.6 Å². The van der Waals surface area contributed by atoms with Crippen molar-refractivity contribution in [2.45, 2.75) is 57.9 Å². The molecule has 28 heavy (non-hydrogen) atoms. The lowest BCUT2D eigenvalue weighted by atomic mass is 9.94. The highest BCUT2D eigenvalue weighted by Crippen LogP contribution is 2.31. The molecule has 1 aliphatic carbocycles. The molecule has 2 N–H and O–H groups in total. The molecule has 1 aliphatic heterocycles. The Kier molecular flexibility index (Phi) is 6.11. The van der Waals surface area contributed by atoms with Gasteiger partial charge in [0.2, 0.25) is 0 Å². The minimum Gasteiger partial charge on any atom is -0.481 e. The van der Waals surface area contributed by atoms with Crippen LogP contribution < -0.4 is 5.32 Å². The number of fused-ring (bicyclic) bond motifs is 1. The van der Waals surface area contributed by atoms with Gasteiger partial charge in [0.1, 0.15) is 0 Å². The van der Waals surface area contributed by atoms with Crippen molar-refractivity contribution in [2.24, 2.45) is 5.92 Å². The van der Waals surface area contributed by atoms with E-state index >= 15 is 0 Å². The number of carbonyl (C=O) groups is 4. The van der Waals surface area contributed by atoms with Crippen molar-refractivity contribution in [3.63, 3.8) is 0 Å². The van der Waals surface area contributed by atoms with Gasteiger partial charge in [-0.3, -0.25) is 24.1 Å². The van der Waals surface area contributed by atoms with Crippen molar-refractivity contribution in [2.75, 3.05) is 6.54 Å². The van der Waals surface area contributed by atoms with Crippen molar-refractivity contribution in [3.05, 3.63) is 34.9 Å². The van der Waals surface area contributed by atoms with Gasteiger partial charge >= 0.3 is 5.97 Å². The molecule has 1 saturated carbocycles. The Morgan fingerprint density at radius 2 is 1.82 bits per heavy atom. The zero-order chi connectivity index (χ0) is 20.3. The van der Waals surface area contributed by atoms with E-state index in [1.165, 1.54) is 23.1 Å². The Labute approximate surface area is 164 Å². The number of nitrogens with one attached hydrogen (secondary N) is 1. The summed E-state index contributed by atoms with van der Waals surface area (Å²) in [5.41, 5.74) is 0.846. The maximum absolute atomic E-state index is 12.8. The van der Waals surface area contributed by atoms with Crippen molar-refractivity contribution >= 4 is 23.7 Å². The fourth-order valence-electron chi connectivity index (χ4n) is 4.05. The SMILES string of the molecule is CCCC(CNC(=O)c1ccc2c(c1)C(=O)N(C1CCCCC1)C2=O)C(=O)O. The number of hydrogen-bond donors (Lipinski definition) is 2. The van der Waals surface area contributed by atoms with E-state index in [0.717, 1.165) is 32.1 Å². The predicted molar refractivity (Wildman–Crippen MR) is 102 cm³/mol. The number of carboxylic acid groups (broad SMARTS) is 1. The molecule has 0 saturated heterocycles. The van der Waals surface area contributed by atoms with Crippen LogP contribution in [0.3, 0.4) is 0 Å².